The number of hydrogen-bond acceptors (Lipinski definition) is 1. The molecule has 0 spiro atoms. The van der Waals surface area contributed by atoms with Gasteiger partial charge in [0.15, 0.2) is 0 Å². The zero-order chi connectivity index (χ0) is 16.9. The molecule has 24 heavy (non-hydrogen) atoms. The van der Waals surface area contributed by atoms with Crippen LogP contribution in [0.1, 0.15) is 75.3 Å². The van der Waals surface area contributed by atoms with Gasteiger partial charge < -0.3 is 4.90 Å². The summed E-state index contributed by atoms with van der Waals surface area (Å²) in [6.45, 7) is 7.29. The molecule has 0 bridgehead atoms. The van der Waals surface area contributed by atoms with Gasteiger partial charge in [0.2, 0.25) is 5.91 Å². The minimum absolute atomic E-state index is 0.209. The van der Waals surface area contributed by atoms with Gasteiger partial charge in [-0.25, -0.2) is 5.32 Å². The van der Waals surface area contributed by atoms with Crippen LogP contribution in [-0.2, 0) is 4.79 Å². The molecular formula is C21H31N2O. The van der Waals surface area contributed by atoms with E-state index < -0.39 is 0 Å². The molecule has 2 atom stereocenters. The maximum atomic E-state index is 12.5. The van der Waals surface area contributed by atoms with Crippen LogP contribution in [0.15, 0.2) is 24.3 Å². The molecule has 3 rings (SSSR count). The van der Waals surface area contributed by atoms with Gasteiger partial charge in [-0.1, -0.05) is 38.1 Å². The predicted octanol–water partition coefficient (Wildman–Crippen LogP) is 4.06. The van der Waals surface area contributed by atoms with Gasteiger partial charge in [0, 0.05) is 32.1 Å². The Morgan fingerprint density at radius 3 is 2.79 bits per heavy atom. The molecule has 3 nitrogen and oxygen atoms in total. The fraction of sp³-hybridized carbons (Fsp3) is 0.667. The molecule has 1 aromatic rings. The van der Waals surface area contributed by atoms with Crippen LogP contribution in [0.5, 0.6) is 0 Å². The molecule has 2 heterocycles. The first kappa shape index (κ1) is 17.5. The minimum atomic E-state index is 0.209. The van der Waals surface area contributed by atoms with Gasteiger partial charge in [0.05, 0.1) is 0 Å². The first-order valence-electron chi connectivity index (χ1n) is 9.67. The van der Waals surface area contributed by atoms with Gasteiger partial charge in [0.1, 0.15) is 0 Å². The van der Waals surface area contributed by atoms with Gasteiger partial charge in [-0.05, 0) is 55.1 Å². The molecule has 0 N–H and O–H groups in total. The van der Waals surface area contributed by atoms with E-state index in [2.05, 4.69) is 43.0 Å². The van der Waals surface area contributed by atoms with E-state index in [0.717, 1.165) is 45.3 Å². The third-order valence-electron chi connectivity index (χ3n) is 5.59. The van der Waals surface area contributed by atoms with Gasteiger partial charge in [-0.2, -0.15) is 0 Å². The second kappa shape index (κ2) is 8.15. The number of nitrogens with zero attached hydrogens (tertiary/aromatic N) is 2. The smallest absolute Gasteiger partial charge is 0.224 e. The topological polar surface area (TPSA) is 34.4 Å². The highest BCUT2D eigenvalue weighted by molar-refractivity contribution is 5.77. The van der Waals surface area contributed by atoms with Gasteiger partial charge in [-0.3, -0.25) is 4.79 Å². The van der Waals surface area contributed by atoms with E-state index in [1.54, 1.807) is 0 Å². The third kappa shape index (κ3) is 4.38. The van der Waals surface area contributed by atoms with Crippen molar-refractivity contribution < 1.29 is 4.79 Å². The Hall–Kier alpha value is -1.35. The Morgan fingerprint density at radius 2 is 2.04 bits per heavy atom. The number of carbonyl (C=O) groups excluding carboxylic acids is 1. The van der Waals surface area contributed by atoms with Crippen molar-refractivity contribution in [3.8, 4) is 0 Å². The zero-order valence-electron chi connectivity index (χ0n) is 15.2. The van der Waals surface area contributed by atoms with E-state index in [9.17, 15) is 4.79 Å². The minimum Gasteiger partial charge on any atom is -0.343 e. The molecule has 1 amide bonds. The maximum Gasteiger partial charge on any atom is 0.224 e. The standard InChI is InChI=1S/C21H31N2O/c1-16(2)17-7-6-8-18(13-17)19-9-10-22-20(14-19)15-21(24)23-11-4-3-5-12-23/h6-8,13,16,19-20H,3-5,9-12,14-15H2,1-2H3/t19?,20-/m1/s1. The van der Waals surface area contributed by atoms with Crippen molar-refractivity contribution >= 4 is 5.91 Å². The van der Waals surface area contributed by atoms with Gasteiger partial charge in [0.25, 0.3) is 0 Å². The number of rotatable bonds is 4. The average molecular weight is 327 g/mol. The summed E-state index contributed by atoms with van der Waals surface area (Å²) in [4.78, 5) is 14.6. The highest BCUT2D eigenvalue weighted by Crippen LogP contribution is 2.31. The normalized spacial score (nSPS) is 25.0. The van der Waals surface area contributed by atoms with Gasteiger partial charge >= 0.3 is 0 Å². The van der Waals surface area contributed by atoms with Crippen LogP contribution in [0.2, 0.25) is 0 Å². The number of likely N-dealkylation sites (tertiary alicyclic amines) is 1. The van der Waals surface area contributed by atoms with E-state index in [4.69, 9.17) is 5.32 Å². The predicted molar refractivity (Wildman–Crippen MR) is 98.3 cm³/mol. The summed E-state index contributed by atoms with van der Waals surface area (Å²) < 4.78 is 0. The lowest BCUT2D eigenvalue weighted by molar-refractivity contribution is -0.132. The third-order valence-corrected chi connectivity index (χ3v) is 5.59. The van der Waals surface area contributed by atoms with Crippen LogP contribution < -0.4 is 5.32 Å². The molecular weight excluding hydrogens is 296 g/mol. The number of carbonyl (C=O) groups is 1. The van der Waals surface area contributed by atoms with Gasteiger partial charge in [-0.15, -0.1) is 0 Å². The molecule has 0 aromatic heterocycles. The molecule has 1 unspecified atom stereocenters. The van der Waals surface area contributed by atoms with Crippen molar-refractivity contribution in [2.75, 3.05) is 19.6 Å². The zero-order valence-corrected chi connectivity index (χ0v) is 15.2. The van der Waals surface area contributed by atoms with Crippen molar-refractivity contribution in [3.63, 3.8) is 0 Å². The van der Waals surface area contributed by atoms with Crippen molar-refractivity contribution in [2.45, 2.75) is 70.3 Å². The first-order chi connectivity index (χ1) is 11.6. The molecule has 1 radical (unpaired) electrons. The van der Waals surface area contributed by atoms with Crippen LogP contribution in [-0.4, -0.2) is 36.5 Å². The fourth-order valence-electron chi connectivity index (χ4n) is 4.03. The molecule has 2 aliphatic heterocycles. The van der Waals surface area contributed by atoms with Crippen LogP contribution in [0.4, 0.5) is 0 Å². The quantitative estimate of drug-likeness (QED) is 0.821. The number of hydrogen-bond donors (Lipinski definition) is 0. The van der Waals surface area contributed by atoms with Crippen molar-refractivity contribution in [1.82, 2.24) is 10.2 Å². The largest absolute Gasteiger partial charge is 0.343 e. The summed E-state index contributed by atoms with van der Waals surface area (Å²) in [5.41, 5.74) is 2.85. The first-order valence-corrected chi connectivity index (χ1v) is 9.67. The van der Waals surface area contributed by atoms with Crippen LogP contribution >= 0.6 is 0 Å². The van der Waals surface area contributed by atoms with E-state index in [1.165, 1.54) is 17.5 Å². The van der Waals surface area contributed by atoms with Crippen LogP contribution in [0.3, 0.4) is 0 Å². The molecule has 0 aliphatic carbocycles. The Balaban J connectivity index is 1.59. The monoisotopic (exact) mass is 327 g/mol. The summed E-state index contributed by atoms with van der Waals surface area (Å²) >= 11 is 0. The number of amides is 1. The van der Waals surface area contributed by atoms with E-state index >= 15 is 0 Å². The molecule has 2 saturated heterocycles. The van der Waals surface area contributed by atoms with E-state index in [1.807, 2.05) is 0 Å². The Bertz CT molecular complexity index is 549. The van der Waals surface area contributed by atoms with Crippen molar-refractivity contribution in [1.29, 1.82) is 0 Å². The fourth-order valence-corrected chi connectivity index (χ4v) is 4.03. The lowest BCUT2D eigenvalue weighted by Gasteiger charge is -2.32. The van der Waals surface area contributed by atoms with Crippen LogP contribution in [0.25, 0.3) is 0 Å². The summed E-state index contributed by atoms with van der Waals surface area (Å²) in [6, 6.07) is 9.24. The lowest BCUT2D eigenvalue weighted by Crippen LogP contribution is -2.41. The van der Waals surface area contributed by atoms with Crippen molar-refractivity contribution in [3.05, 3.63) is 35.4 Å². The Kier molecular flexibility index (Phi) is 5.94. The number of benzene rings is 1. The maximum absolute atomic E-state index is 12.5. The van der Waals surface area contributed by atoms with Crippen LogP contribution in [0, 0.1) is 0 Å². The highest BCUT2D eigenvalue weighted by atomic mass is 16.2. The summed E-state index contributed by atoms with van der Waals surface area (Å²) in [5, 5.41) is 4.75. The molecule has 2 fully saturated rings. The summed E-state index contributed by atoms with van der Waals surface area (Å²) in [6.07, 6.45) is 6.36. The molecule has 3 heteroatoms. The Labute approximate surface area is 146 Å². The SMILES string of the molecule is CC(C)c1cccc(C2CC[N][C@@H](CC(=O)N3CCCCC3)C2)c1. The summed E-state index contributed by atoms with van der Waals surface area (Å²) in [7, 11) is 0. The Morgan fingerprint density at radius 1 is 1.25 bits per heavy atom. The van der Waals surface area contributed by atoms with E-state index in [-0.39, 0.29) is 6.04 Å². The highest BCUT2D eigenvalue weighted by Gasteiger charge is 2.27. The molecule has 131 valence electrons. The number of piperidine rings is 2. The second-order valence-corrected chi connectivity index (χ2v) is 7.75. The van der Waals surface area contributed by atoms with E-state index in [0.29, 0.717) is 24.2 Å². The average Bonchev–Trinajstić information content (AvgIpc) is 2.63. The van der Waals surface area contributed by atoms with Crippen molar-refractivity contribution in [2.24, 2.45) is 0 Å². The lowest BCUT2D eigenvalue weighted by atomic mass is 9.84. The molecule has 2 aliphatic rings. The molecule has 1 aromatic carbocycles. The molecule has 0 saturated carbocycles. The summed E-state index contributed by atoms with van der Waals surface area (Å²) in [5.74, 6) is 1.44. The second-order valence-electron chi connectivity index (χ2n) is 7.75.